The average molecular weight is 468 g/mol. The van der Waals surface area contributed by atoms with Crippen molar-refractivity contribution < 1.29 is 18.7 Å². The standard InChI is InChI=1S/C25H23ClFN3O3/c1-2-33-24-18(9-6-12-29-24)25(32)30(22(23(28)31)15-7-4-3-5-8-15)21-11-10-17-19(21)13-16(26)14-20(17)27/h3-9,12-14,21-22H,2,10-11H2,1H3,(H2,28,31)/t21-,22-/m1/s1. The lowest BCUT2D eigenvalue weighted by atomic mass is 9.98. The molecule has 0 aliphatic heterocycles. The topological polar surface area (TPSA) is 85.5 Å². The molecule has 3 aromatic rings. The Labute approximate surface area is 196 Å². The molecule has 1 aromatic heterocycles. The molecule has 0 saturated heterocycles. The van der Waals surface area contributed by atoms with E-state index >= 15 is 0 Å². The van der Waals surface area contributed by atoms with E-state index in [1.54, 1.807) is 49.4 Å². The lowest BCUT2D eigenvalue weighted by Gasteiger charge is -2.36. The van der Waals surface area contributed by atoms with E-state index in [2.05, 4.69) is 4.98 Å². The Bertz CT molecular complexity index is 1190. The van der Waals surface area contributed by atoms with Crippen LogP contribution in [0.15, 0.2) is 60.8 Å². The van der Waals surface area contributed by atoms with Crippen molar-refractivity contribution in [1.29, 1.82) is 0 Å². The van der Waals surface area contributed by atoms with Crippen molar-refractivity contribution in [2.75, 3.05) is 6.61 Å². The fourth-order valence-corrected chi connectivity index (χ4v) is 4.60. The fourth-order valence-electron chi connectivity index (χ4n) is 4.39. The quantitative estimate of drug-likeness (QED) is 0.549. The van der Waals surface area contributed by atoms with Crippen LogP contribution >= 0.6 is 11.6 Å². The van der Waals surface area contributed by atoms with Crippen LogP contribution in [-0.4, -0.2) is 28.3 Å². The van der Waals surface area contributed by atoms with Crippen LogP contribution in [0.5, 0.6) is 5.88 Å². The van der Waals surface area contributed by atoms with E-state index in [1.165, 1.54) is 17.2 Å². The van der Waals surface area contributed by atoms with Gasteiger partial charge in [-0.15, -0.1) is 0 Å². The first kappa shape index (κ1) is 22.7. The summed E-state index contributed by atoms with van der Waals surface area (Å²) in [5.74, 6) is -1.47. The summed E-state index contributed by atoms with van der Waals surface area (Å²) in [6.45, 7) is 2.09. The van der Waals surface area contributed by atoms with Crippen LogP contribution in [0.1, 0.15) is 52.5 Å². The summed E-state index contributed by atoms with van der Waals surface area (Å²) in [7, 11) is 0. The summed E-state index contributed by atoms with van der Waals surface area (Å²) in [6.07, 6.45) is 2.34. The largest absolute Gasteiger partial charge is 0.477 e. The van der Waals surface area contributed by atoms with E-state index in [0.29, 0.717) is 36.1 Å². The Kier molecular flexibility index (Phi) is 6.60. The molecule has 0 saturated carbocycles. The van der Waals surface area contributed by atoms with Gasteiger partial charge >= 0.3 is 0 Å². The summed E-state index contributed by atoms with van der Waals surface area (Å²) < 4.78 is 20.2. The molecule has 1 aliphatic carbocycles. The van der Waals surface area contributed by atoms with Gasteiger partial charge in [-0.05, 0) is 60.7 Å². The van der Waals surface area contributed by atoms with Gasteiger partial charge in [-0.25, -0.2) is 9.37 Å². The van der Waals surface area contributed by atoms with Gasteiger partial charge in [-0.1, -0.05) is 41.9 Å². The summed E-state index contributed by atoms with van der Waals surface area (Å²) in [5, 5.41) is 0.220. The van der Waals surface area contributed by atoms with E-state index in [4.69, 9.17) is 22.1 Å². The zero-order valence-corrected chi connectivity index (χ0v) is 18.8. The monoisotopic (exact) mass is 467 g/mol. The van der Waals surface area contributed by atoms with Gasteiger partial charge in [0, 0.05) is 11.2 Å². The number of fused-ring (bicyclic) bond motifs is 1. The summed E-state index contributed by atoms with van der Waals surface area (Å²) in [4.78, 5) is 32.4. The third-order valence-electron chi connectivity index (χ3n) is 5.74. The number of nitrogens with two attached hydrogens (primary N) is 1. The van der Waals surface area contributed by atoms with Crippen molar-refractivity contribution in [2.45, 2.75) is 31.8 Å². The molecule has 8 heteroatoms. The zero-order valence-electron chi connectivity index (χ0n) is 18.0. The van der Waals surface area contributed by atoms with Gasteiger partial charge < -0.3 is 15.4 Å². The maximum atomic E-state index is 14.7. The molecule has 170 valence electrons. The smallest absolute Gasteiger partial charge is 0.260 e. The summed E-state index contributed by atoms with van der Waals surface area (Å²) in [6, 6.07) is 13.2. The second-order valence-corrected chi connectivity index (χ2v) is 8.16. The molecule has 2 N–H and O–H groups in total. The highest BCUT2D eigenvalue weighted by Crippen LogP contribution is 2.43. The molecule has 0 spiro atoms. The lowest BCUT2D eigenvalue weighted by molar-refractivity contribution is -0.123. The Morgan fingerprint density at radius 1 is 1.24 bits per heavy atom. The molecule has 0 unspecified atom stereocenters. The Morgan fingerprint density at radius 3 is 2.70 bits per heavy atom. The predicted molar refractivity (Wildman–Crippen MR) is 122 cm³/mol. The first-order valence-electron chi connectivity index (χ1n) is 10.6. The highest BCUT2D eigenvalue weighted by molar-refractivity contribution is 6.30. The second kappa shape index (κ2) is 9.58. The predicted octanol–water partition coefficient (Wildman–Crippen LogP) is 4.63. The number of hydrogen-bond acceptors (Lipinski definition) is 4. The zero-order chi connectivity index (χ0) is 23.5. The Hall–Kier alpha value is -3.45. The molecule has 0 radical (unpaired) electrons. The Balaban J connectivity index is 1.90. The summed E-state index contributed by atoms with van der Waals surface area (Å²) in [5.41, 5.74) is 7.64. The highest BCUT2D eigenvalue weighted by Gasteiger charge is 2.41. The minimum atomic E-state index is -1.09. The molecule has 4 rings (SSSR count). The number of benzene rings is 2. The maximum absolute atomic E-state index is 14.7. The normalized spacial score (nSPS) is 15.5. The van der Waals surface area contributed by atoms with Gasteiger partial charge in [-0.3, -0.25) is 9.59 Å². The number of amides is 2. The van der Waals surface area contributed by atoms with E-state index in [1.807, 2.05) is 6.07 Å². The number of primary amides is 1. The first-order valence-corrected chi connectivity index (χ1v) is 11.0. The maximum Gasteiger partial charge on any atom is 0.260 e. The number of aromatic nitrogens is 1. The fraction of sp³-hybridized carbons (Fsp3) is 0.240. The van der Waals surface area contributed by atoms with Crippen molar-refractivity contribution in [2.24, 2.45) is 5.73 Å². The third-order valence-corrected chi connectivity index (χ3v) is 5.96. The van der Waals surface area contributed by atoms with Crippen molar-refractivity contribution in [3.05, 3.63) is 93.9 Å². The highest BCUT2D eigenvalue weighted by atomic mass is 35.5. The molecular weight excluding hydrogens is 445 g/mol. The van der Waals surface area contributed by atoms with Crippen molar-refractivity contribution in [1.82, 2.24) is 9.88 Å². The van der Waals surface area contributed by atoms with E-state index in [9.17, 15) is 14.0 Å². The van der Waals surface area contributed by atoms with Crippen LogP contribution in [0, 0.1) is 5.82 Å². The van der Waals surface area contributed by atoms with E-state index in [0.717, 1.165) is 0 Å². The number of hydrogen-bond donors (Lipinski definition) is 1. The van der Waals surface area contributed by atoms with E-state index in [-0.39, 0.29) is 16.5 Å². The molecule has 2 atom stereocenters. The van der Waals surface area contributed by atoms with Crippen molar-refractivity contribution in [3.8, 4) is 5.88 Å². The third kappa shape index (κ3) is 4.41. The molecule has 2 aromatic carbocycles. The van der Waals surface area contributed by atoms with E-state index < -0.39 is 29.7 Å². The number of carbonyl (C=O) groups is 2. The van der Waals surface area contributed by atoms with Crippen LogP contribution in [0.25, 0.3) is 0 Å². The number of rotatable bonds is 7. The lowest BCUT2D eigenvalue weighted by Crippen LogP contribution is -2.43. The number of carbonyl (C=O) groups excluding carboxylic acids is 2. The number of halogens is 2. The van der Waals surface area contributed by atoms with Crippen LogP contribution in [0.4, 0.5) is 4.39 Å². The molecule has 2 amide bonds. The van der Waals surface area contributed by atoms with Gasteiger partial charge in [0.05, 0.1) is 12.6 Å². The molecule has 6 nitrogen and oxygen atoms in total. The number of pyridine rings is 1. The molecule has 0 bridgehead atoms. The first-order chi connectivity index (χ1) is 15.9. The molecule has 33 heavy (non-hydrogen) atoms. The molecule has 0 fully saturated rings. The number of ether oxygens (including phenoxy) is 1. The van der Waals surface area contributed by atoms with Crippen molar-refractivity contribution in [3.63, 3.8) is 0 Å². The van der Waals surface area contributed by atoms with Gasteiger partial charge in [0.15, 0.2) is 0 Å². The second-order valence-electron chi connectivity index (χ2n) is 7.73. The van der Waals surface area contributed by atoms with Crippen LogP contribution in [0.3, 0.4) is 0 Å². The minimum Gasteiger partial charge on any atom is -0.477 e. The van der Waals surface area contributed by atoms with Gasteiger partial charge in [-0.2, -0.15) is 0 Å². The Morgan fingerprint density at radius 2 is 2.00 bits per heavy atom. The average Bonchev–Trinajstić information content (AvgIpc) is 3.21. The van der Waals surface area contributed by atoms with Crippen LogP contribution in [0.2, 0.25) is 5.02 Å². The number of nitrogens with zero attached hydrogens (tertiary/aromatic N) is 2. The van der Waals surface area contributed by atoms with Crippen LogP contribution in [-0.2, 0) is 11.2 Å². The van der Waals surface area contributed by atoms with Crippen LogP contribution < -0.4 is 10.5 Å². The summed E-state index contributed by atoms with van der Waals surface area (Å²) >= 11 is 6.16. The van der Waals surface area contributed by atoms with Crippen molar-refractivity contribution >= 4 is 23.4 Å². The molecule has 1 heterocycles. The van der Waals surface area contributed by atoms with Gasteiger partial charge in [0.2, 0.25) is 11.8 Å². The van der Waals surface area contributed by atoms with Gasteiger partial charge in [0.25, 0.3) is 5.91 Å². The SMILES string of the molecule is CCOc1ncccc1C(=O)N([C@@H]1CCc2c(F)cc(Cl)cc21)[C@@H](C(N)=O)c1ccccc1. The molecule has 1 aliphatic rings. The minimum absolute atomic E-state index is 0.154. The van der Waals surface area contributed by atoms with Gasteiger partial charge in [0.1, 0.15) is 17.4 Å². The molecular formula is C25H23ClFN3O3.